The fraction of sp³-hybridized carbons (Fsp3) is 0.357. The summed E-state index contributed by atoms with van der Waals surface area (Å²) in [6.07, 6.45) is 0. The third-order valence-electron chi connectivity index (χ3n) is 2.70. The van der Waals surface area contributed by atoms with E-state index in [9.17, 15) is 0 Å². The van der Waals surface area contributed by atoms with E-state index in [0.717, 1.165) is 28.7 Å². The molecule has 1 N–H and O–H groups in total. The van der Waals surface area contributed by atoms with Crippen LogP contribution in [0.1, 0.15) is 15.6 Å². The zero-order valence-corrected chi connectivity index (χ0v) is 12.2. The van der Waals surface area contributed by atoms with Gasteiger partial charge in [-0.2, -0.15) is 0 Å². The van der Waals surface area contributed by atoms with Crippen LogP contribution in [-0.4, -0.2) is 19.1 Å². The smallest absolute Gasteiger partial charge is 0.140 e. The molecule has 102 valence electrons. The maximum atomic E-state index is 5.71. The predicted molar refractivity (Wildman–Crippen MR) is 76.9 cm³/mol. The highest BCUT2D eigenvalue weighted by atomic mass is 32.1. The molecule has 0 bridgehead atoms. The highest BCUT2D eigenvalue weighted by Crippen LogP contribution is 2.21. The van der Waals surface area contributed by atoms with Crippen LogP contribution in [0.4, 0.5) is 0 Å². The normalized spacial score (nSPS) is 10.5. The molecule has 0 saturated carbocycles. The van der Waals surface area contributed by atoms with Gasteiger partial charge in [0, 0.05) is 11.4 Å². The van der Waals surface area contributed by atoms with E-state index in [1.807, 2.05) is 38.2 Å². The van der Waals surface area contributed by atoms with Crippen LogP contribution in [0.5, 0.6) is 11.5 Å². The molecule has 0 amide bonds. The summed E-state index contributed by atoms with van der Waals surface area (Å²) in [5.41, 5.74) is 1.08. The van der Waals surface area contributed by atoms with E-state index in [0.29, 0.717) is 6.61 Å². The highest BCUT2D eigenvalue weighted by molar-refractivity contribution is 7.11. The van der Waals surface area contributed by atoms with Crippen molar-refractivity contribution in [3.63, 3.8) is 0 Å². The van der Waals surface area contributed by atoms with E-state index in [1.54, 1.807) is 18.4 Å². The topological polar surface area (TPSA) is 43.4 Å². The number of aromatic nitrogens is 1. The van der Waals surface area contributed by atoms with Gasteiger partial charge in [0.2, 0.25) is 0 Å². The van der Waals surface area contributed by atoms with E-state index in [1.165, 1.54) is 4.88 Å². The molecule has 1 aromatic carbocycles. The van der Waals surface area contributed by atoms with Crippen LogP contribution in [0.15, 0.2) is 24.3 Å². The highest BCUT2D eigenvalue weighted by Gasteiger charge is 2.07. The van der Waals surface area contributed by atoms with Gasteiger partial charge in [-0.15, -0.1) is 11.3 Å². The lowest BCUT2D eigenvalue weighted by Gasteiger charge is -2.04. The molecule has 1 heterocycles. The lowest BCUT2D eigenvalue weighted by molar-refractivity contribution is 0.304. The average molecular weight is 278 g/mol. The first-order valence-corrected chi connectivity index (χ1v) is 6.91. The van der Waals surface area contributed by atoms with Gasteiger partial charge in [0.25, 0.3) is 0 Å². The van der Waals surface area contributed by atoms with Gasteiger partial charge in [0.05, 0.1) is 12.8 Å². The number of nitrogens with zero attached hydrogens (tertiary/aromatic N) is 1. The Morgan fingerprint density at radius 2 is 1.89 bits per heavy atom. The zero-order chi connectivity index (χ0) is 13.7. The van der Waals surface area contributed by atoms with Crippen LogP contribution in [-0.2, 0) is 13.2 Å². The second-order valence-corrected chi connectivity index (χ2v) is 5.28. The SMILES string of the molecule is CNCc1sc(COc2ccc(OC)cc2)nc1C. The van der Waals surface area contributed by atoms with Gasteiger partial charge >= 0.3 is 0 Å². The van der Waals surface area contributed by atoms with Crippen molar-refractivity contribution in [2.75, 3.05) is 14.2 Å². The van der Waals surface area contributed by atoms with Gasteiger partial charge in [-0.05, 0) is 38.2 Å². The van der Waals surface area contributed by atoms with Gasteiger partial charge < -0.3 is 14.8 Å². The Balaban J connectivity index is 1.95. The van der Waals surface area contributed by atoms with Crippen molar-refractivity contribution in [1.82, 2.24) is 10.3 Å². The molecule has 0 radical (unpaired) electrons. The number of thiazole rings is 1. The summed E-state index contributed by atoms with van der Waals surface area (Å²) >= 11 is 1.69. The van der Waals surface area contributed by atoms with Crippen LogP contribution < -0.4 is 14.8 Å². The summed E-state index contributed by atoms with van der Waals surface area (Å²) in [6, 6.07) is 7.56. The van der Waals surface area contributed by atoms with Crippen molar-refractivity contribution >= 4 is 11.3 Å². The van der Waals surface area contributed by atoms with Gasteiger partial charge in [0.15, 0.2) is 0 Å². The Bertz CT molecular complexity index is 523. The molecule has 2 rings (SSSR count). The largest absolute Gasteiger partial charge is 0.497 e. The maximum absolute atomic E-state index is 5.71. The molecule has 1 aromatic heterocycles. The van der Waals surface area contributed by atoms with E-state index in [2.05, 4.69) is 10.3 Å². The molecule has 0 aliphatic heterocycles. The lowest BCUT2D eigenvalue weighted by Crippen LogP contribution is -2.04. The summed E-state index contributed by atoms with van der Waals surface area (Å²) in [4.78, 5) is 5.77. The quantitative estimate of drug-likeness (QED) is 0.882. The maximum Gasteiger partial charge on any atom is 0.140 e. The Kier molecular flexibility index (Phi) is 4.76. The Labute approximate surface area is 117 Å². The number of methoxy groups -OCH3 is 1. The van der Waals surface area contributed by atoms with Crippen molar-refractivity contribution in [3.8, 4) is 11.5 Å². The minimum atomic E-state index is 0.502. The van der Waals surface area contributed by atoms with Gasteiger partial charge in [-0.3, -0.25) is 0 Å². The lowest BCUT2D eigenvalue weighted by atomic mass is 10.3. The molecule has 2 aromatic rings. The van der Waals surface area contributed by atoms with Crippen molar-refractivity contribution in [1.29, 1.82) is 0 Å². The van der Waals surface area contributed by atoms with E-state index in [-0.39, 0.29) is 0 Å². The van der Waals surface area contributed by atoms with Crippen molar-refractivity contribution in [2.24, 2.45) is 0 Å². The Morgan fingerprint density at radius 1 is 1.21 bits per heavy atom. The Hall–Kier alpha value is -1.59. The molecular formula is C14H18N2O2S. The number of ether oxygens (including phenoxy) is 2. The first kappa shape index (κ1) is 13.8. The molecule has 5 heteroatoms. The fourth-order valence-electron chi connectivity index (χ4n) is 1.69. The number of rotatable bonds is 6. The van der Waals surface area contributed by atoms with E-state index < -0.39 is 0 Å². The minimum Gasteiger partial charge on any atom is -0.497 e. The fourth-order valence-corrected chi connectivity index (χ4v) is 2.69. The zero-order valence-electron chi connectivity index (χ0n) is 11.4. The number of benzene rings is 1. The molecule has 0 unspecified atom stereocenters. The molecule has 0 spiro atoms. The molecule has 0 fully saturated rings. The third-order valence-corrected chi connectivity index (χ3v) is 3.83. The van der Waals surface area contributed by atoms with Crippen LogP contribution in [0, 0.1) is 6.92 Å². The summed E-state index contributed by atoms with van der Waals surface area (Å²) < 4.78 is 10.8. The number of hydrogen-bond acceptors (Lipinski definition) is 5. The van der Waals surface area contributed by atoms with Gasteiger partial charge in [-0.1, -0.05) is 0 Å². The van der Waals surface area contributed by atoms with Crippen LogP contribution in [0.25, 0.3) is 0 Å². The molecule has 0 aliphatic carbocycles. The molecular weight excluding hydrogens is 260 g/mol. The third kappa shape index (κ3) is 3.68. The molecule has 4 nitrogen and oxygen atoms in total. The average Bonchev–Trinajstić information content (AvgIpc) is 2.78. The van der Waals surface area contributed by atoms with Crippen LogP contribution in [0.2, 0.25) is 0 Å². The minimum absolute atomic E-state index is 0.502. The van der Waals surface area contributed by atoms with E-state index in [4.69, 9.17) is 9.47 Å². The first-order chi connectivity index (χ1) is 9.22. The molecule has 19 heavy (non-hydrogen) atoms. The van der Waals surface area contributed by atoms with E-state index >= 15 is 0 Å². The first-order valence-electron chi connectivity index (χ1n) is 6.09. The van der Waals surface area contributed by atoms with Crippen LogP contribution in [0.3, 0.4) is 0 Å². The summed E-state index contributed by atoms with van der Waals surface area (Å²) in [5, 5.41) is 4.14. The van der Waals surface area contributed by atoms with Gasteiger partial charge in [0.1, 0.15) is 23.1 Å². The monoisotopic (exact) mass is 278 g/mol. The molecule has 0 atom stereocenters. The van der Waals surface area contributed by atoms with Gasteiger partial charge in [-0.25, -0.2) is 4.98 Å². The number of nitrogens with one attached hydrogen (secondary N) is 1. The van der Waals surface area contributed by atoms with Crippen molar-refractivity contribution < 1.29 is 9.47 Å². The second-order valence-electron chi connectivity index (χ2n) is 4.11. The predicted octanol–water partition coefficient (Wildman–Crippen LogP) is 2.76. The summed E-state index contributed by atoms with van der Waals surface area (Å²) in [6.45, 7) is 3.38. The summed E-state index contributed by atoms with van der Waals surface area (Å²) in [7, 11) is 3.59. The molecule has 0 saturated heterocycles. The Morgan fingerprint density at radius 3 is 2.53 bits per heavy atom. The molecule has 0 aliphatic rings. The standard InChI is InChI=1S/C14H18N2O2S/c1-10-13(8-15-2)19-14(16-10)9-18-12-6-4-11(17-3)5-7-12/h4-7,15H,8-9H2,1-3H3. The number of hydrogen-bond donors (Lipinski definition) is 1. The van der Waals surface area contributed by atoms with Crippen molar-refractivity contribution in [2.45, 2.75) is 20.1 Å². The number of aryl methyl sites for hydroxylation is 1. The van der Waals surface area contributed by atoms with Crippen LogP contribution >= 0.6 is 11.3 Å². The summed E-state index contributed by atoms with van der Waals surface area (Å²) in [5.74, 6) is 1.65. The second kappa shape index (κ2) is 6.54. The van der Waals surface area contributed by atoms with Crippen molar-refractivity contribution in [3.05, 3.63) is 39.8 Å².